The number of aryl methyl sites for hydroxylation is 1. The average molecular weight is 450 g/mol. The lowest BCUT2D eigenvalue weighted by Crippen LogP contribution is -2.30. The Kier molecular flexibility index (Phi) is 5.09. The number of esters is 1. The maximum absolute atomic E-state index is 12.9. The zero-order chi connectivity index (χ0) is 22.4. The predicted molar refractivity (Wildman–Crippen MR) is 121 cm³/mol. The average Bonchev–Trinajstić information content (AvgIpc) is 3.36. The maximum atomic E-state index is 12.9. The van der Waals surface area contributed by atoms with Gasteiger partial charge in [0.05, 0.1) is 36.9 Å². The Morgan fingerprint density at radius 2 is 2.16 bits per heavy atom. The van der Waals surface area contributed by atoms with Crippen LogP contribution in [0.4, 0.5) is 0 Å². The number of hydrogen-bond donors (Lipinski definition) is 1. The molecule has 164 valence electrons. The van der Waals surface area contributed by atoms with E-state index in [1.807, 2.05) is 37.5 Å². The molecule has 1 unspecified atom stereocenters. The van der Waals surface area contributed by atoms with Crippen molar-refractivity contribution in [1.82, 2.24) is 9.55 Å². The van der Waals surface area contributed by atoms with Crippen LogP contribution in [0, 0.1) is 6.92 Å². The lowest BCUT2D eigenvalue weighted by Gasteiger charge is -2.31. The van der Waals surface area contributed by atoms with E-state index in [0.29, 0.717) is 37.1 Å². The summed E-state index contributed by atoms with van der Waals surface area (Å²) in [5.74, 6) is -0.562. The Bertz CT molecular complexity index is 1310. The molecule has 0 fully saturated rings. The molecule has 1 aliphatic heterocycles. The van der Waals surface area contributed by atoms with Crippen LogP contribution in [-0.4, -0.2) is 28.4 Å². The van der Waals surface area contributed by atoms with Gasteiger partial charge >= 0.3 is 5.97 Å². The highest BCUT2D eigenvalue weighted by molar-refractivity contribution is 7.12. The summed E-state index contributed by atoms with van der Waals surface area (Å²) in [6, 6.07) is 10.1. The van der Waals surface area contributed by atoms with E-state index in [2.05, 4.69) is 15.6 Å². The molecule has 32 heavy (non-hydrogen) atoms. The molecule has 0 amide bonds. The summed E-state index contributed by atoms with van der Waals surface area (Å²) in [7, 11) is 1.31. The first-order valence-corrected chi connectivity index (χ1v) is 11.3. The number of rotatable bonds is 4. The predicted octanol–water partition coefficient (Wildman–Crippen LogP) is 3.92. The molecule has 0 saturated heterocycles. The SMILES string of the molecule is COC(=O)C1=C(N)OC2=C(C(=O)CCC2)C1c1cc(Cn2cnc3ccccc32)c(C)s1. The molecule has 1 aliphatic carbocycles. The molecule has 0 spiro atoms. The summed E-state index contributed by atoms with van der Waals surface area (Å²) >= 11 is 1.57. The maximum Gasteiger partial charge on any atom is 0.340 e. The van der Waals surface area contributed by atoms with Crippen LogP contribution < -0.4 is 5.73 Å². The van der Waals surface area contributed by atoms with Crippen molar-refractivity contribution >= 4 is 34.1 Å². The number of methoxy groups -OCH3 is 1. The van der Waals surface area contributed by atoms with Crippen molar-refractivity contribution in [2.75, 3.05) is 7.11 Å². The zero-order valence-corrected chi connectivity index (χ0v) is 18.7. The van der Waals surface area contributed by atoms with Gasteiger partial charge in [-0.05, 0) is 37.1 Å². The number of ketones is 1. The van der Waals surface area contributed by atoms with Crippen molar-refractivity contribution in [2.24, 2.45) is 5.73 Å². The van der Waals surface area contributed by atoms with Crippen LogP contribution in [0.5, 0.6) is 0 Å². The van der Waals surface area contributed by atoms with E-state index in [0.717, 1.165) is 26.4 Å². The molecule has 2 aromatic heterocycles. The summed E-state index contributed by atoms with van der Waals surface area (Å²) in [5, 5.41) is 0. The summed E-state index contributed by atoms with van der Waals surface area (Å²) < 4.78 is 12.8. The number of carbonyl (C=O) groups is 2. The molecule has 0 bridgehead atoms. The fourth-order valence-corrected chi connectivity index (χ4v) is 5.68. The van der Waals surface area contributed by atoms with E-state index in [4.69, 9.17) is 15.2 Å². The van der Waals surface area contributed by atoms with E-state index < -0.39 is 11.9 Å². The van der Waals surface area contributed by atoms with Crippen LogP contribution >= 0.6 is 11.3 Å². The molecule has 5 rings (SSSR count). The Labute approximate surface area is 189 Å². The van der Waals surface area contributed by atoms with Crippen LogP contribution in [0.3, 0.4) is 0 Å². The van der Waals surface area contributed by atoms with Crippen LogP contribution in [0.1, 0.15) is 40.5 Å². The third-order valence-corrected chi connectivity index (χ3v) is 7.24. The highest BCUT2D eigenvalue weighted by Crippen LogP contribution is 2.46. The molecule has 0 radical (unpaired) electrons. The van der Waals surface area contributed by atoms with Crippen molar-refractivity contribution in [2.45, 2.75) is 38.6 Å². The molecule has 7 nitrogen and oxygen atoms in total. The molecule has 2 N–H and O–H groups in total. The molecule has 2 aliphatic rings. The molecule has 3 aromatic rings. The fourth-order valence-electron chi connectivity index (χ4n) is 4.51. The number of benzene rings is 1. The number of allylic oxidation sites excluding steroid dienone is 2. The van der Waals surface area contributed by atoms with Crippen molar-refractivity contribution in [3.05, 3.63) is 74.8 Å². The number of nitrogens with zero attached hydrogens (tertiary/aromatic N) is 2. The Morgan fingerprint density at radius 3 is 2.97 bits per heavy atom. The molecule has 0 saturated carbocycles. The van der Waals surface area contributed by atoms with Crippen molar-refractivity contribution in [3.63, 3.8) is 0 Å². The summed E-state index contributed by atoms with van der Waals surface area (Å²) in [5.41, 5.74) is 9.99. The number of hydrogen-bond acceptors (Lipinski definition) is 7. The number of Topliss-reactive ketones (excluding diaryl/α,β-unsaturated/α-hetero) is 1. The fraction of sp³-hybridized carbons (Fsp3) is 0.292. The number of ether oxygens (including phenoxy) is 2. The number of carbonyl (C=O) groups excluding carboxylic acids is 2. The lowest BCUT2D eigenvalue weighted by molar-refractivity contribution is -0.136. The van der Waals surface area contributed by atoms with Gasteiger partial charge in [0.15, 0.2) is 5.78 Å². The topological polar surface area (TPSA) is 96.4 Å². The summed E-state index contributed by atoms with van der Waals surface area (Å²) in [4.78, 5) is 32.0. The third-order valence-electron chi connectivity index (χ3n) is 6.08. The standard InChI is InChI=1S/C24H23N3O4S/c1-13-14(11-27-12-26-15-6-3-4-7-16(15)27)10-19(32-13)21-20-17(28)8-5-9-18(20)31-23(25)22(21)24(29)30-2/h3-4,6-7,10,12,21H,5,8-9,11,25H2,1-2H3. The van der Waals surface area contributed by atoms with Crippen molar-refractivity contribution in [3.8, 4) is 0 Å². The smallest absolute Gasteiger partial charge is 0.340 e. The molecular weight excluding hydrogens is 426 g/mol. The second kappa shape index (κ2) is 7.94. The number of thiophene rings is 1. The van der Waals surface area contributed by atoms with Gasteiger partial charge in [0, 0.05) is 28.2 Å². The zero-order valence-electron chi connectivity index (χ0n) is 17.9. The number of fused-ring (bicyclic) bond motifs is 1. The first-order valence-electron chi connectivity index (χ1n) is 10.5. The first-order chi connectivity index (χ1) is 15.5. The van der Waals surface area contributed by atoms with Crippen molar-refractivity contribution in [1.29, 1.82) is 0 Å². The normalized spacial score (nSPS) is 18.7. The quantitative estimate of drug-likeness (QED) is 0.607. The lowest BCUT2D eigenvalue weighted by atomic mass is 9.80. The van der Waals surface area contributed by atoms with Crippen LogP contribution in [0.15, 0.2) is 59.4 Å². The van der Waals surface area contributed by atoms with Gasteiger partial charge in [0.2, 0.25) is 5.88 Å². The molecular formula is C24H23N3O4S. The van der Waals surface area contributed by atoms with Gasteiger partial charge < -0.3 is 19.8 Å². The highest BCUT2D eigenvalue weighted by Gasteiger charge is 2.42. The Morgan fingerprint density at radius 1 is 1.34 bits per heavy atom. The van der Waals surface area contributed by atoms with E-state index in [1.54, 1.807) is 11.3 Å². The van der Waals surface area contributed by atoms with Gasteiger partial charge in [-0.25, -0.2) is 9.78 Å². The van der Waals surface area contributed by atoms with Crippen LogP contribution in [-0.2, 0) is 25.6 Å². The minimum absolute atomic E-state index is 0.00152. The van der Waals surface area contributed by atoms with Gasteiger partial charge in [-0.3, -0.25) is 4.79 Å². The van der Waals surface area contributed by atoms with Gasteiger partial charge in [0.1, 0.15) is 11.3 Å². The van der Waals surface area contributed by atoms with E-state index in [1.165, 1.54) is 7.11 Å². The second-order valence-electron chi connectivity index (χ2n) is 8.01. The van der Waals surface area contributed by atoms with Gasteiger partial charge in [-0.2, -0.15) is 0 Å². The first kappa shape index (κ1) is 20.5. The number of nitrogens with two attached hydrogens (primary N) is 1. The molecule has 3 heterocycles. The Hall–Kier alpha value is -3.39. The second-order valence-corrected chi connectivity index (χ2v) is 9.30. The van der Waals surface area contributed by atoms with E-state index in [-0.39, 0.29) is 17.2 Å². The highest BCUT2D eigenvalue weighted by atomic mass is 32.1. The molecule has 1 aromatic carbocycles. The van der Waals surface area contributed by atoms with Gasteiger partial charge in [-0.15, -0.1) is 11.3 Å². The largest absolute Gasteiger partial charge is 0.465 e. The van der Waals surface area contributed by atoms with E-state index in [9.17, 15) is 9.59 Å². The minimum Gasteiger partial charge on any atom is -0.465 e. The number of aromatic nitrogens is 2. The van der Waals surface area contributed by atoms with E-state index >= 15 is 0 Å². The summed E-state index contributed by atoms with van der Waals surface area (Å²) in [6.07, 6.45) is 3.61. The van der Waals surface area contributed by atoms with Crippen LogP contribution in [0.25, 0.3) is 11.0 Å². The number of imidazole rings is 1. The van der Waals surface area contributed by atoms with Crippen molar-refractivity contribution < 1.29 is 19.1 Å². The van der Waals surface area contributed by atoms with Gasteiger partial charge in [0.25, 0.3) is 0 Å². The molecule has 8 heteroatoms. The summed E-state index contributed by atoms with van der Waals surface area (Å²) in [6.45, 7) is 2.68. The Balaban J connectivity index is 1.59. The third kappa shape index (κ3) is 3.31. The minimum atomic E-state index is -0.578. The van der Waals surface area contributed by atoms with Crippen LogP contribution in [0.2, 0.25) is 0 Å². The van der Waals surface area contributed by atoms with Gasteiger partial charge in [-0.1, -0.05) is 12.1 Å². The molecule has 1 atom stereocenters. The number of para-hydroxylation sites is 2. The monoisotopic (exact) mass is 449 g/mol.